The smallest absolute Gasteiger partial charge is 0.225 e. The van der Waals surface area contributed by atoms with E-state index in [4.69, 9.17) is 4.74 Å². The largest absolute Gasteiger partial charge is 0.377 e. The summed E-state index contributed by atoms with van der Waals surface area (Å²) >= 11 is 0. The highest BCUT2D eigenvalue weighted by molar-refractivity contribution is 5.80. The van der Waals surface area contributed by atoms with Crippen molar-refractivity contribution in [2.24, 2.45) is 0 Å². The van der Waals surface area contributed by atoms with Crippen LogP contribution in [-0.2, 0) is 20.7 Å². The number of hydrogen-bond acceptors (Lipinski definition) is 4. The Labute approximate surface area is 167 Å². The van der Waals surface area contributed by atoms with Gasteiger partial charge in [-0.25, -0.2) is 0 Å². The van der Waals surface area contributed by atoms with Gasteiger partial charge < -0.3 is 14.5 Å². The van der Waals surface area contributed by atoms with Crippen molar-refractivity contribution in [3.8, 4) is 0 Å². The highest BCUT2D eigenvalue weighted by Gasteiger charge is 2.33. The normalized spacial score (nSPS) is 25.6. The molecule has 0 N–H and O–H groups in total. The molecule has 6 nitrogen and oxygen atoms in total. The number of rotatable bonds is 4. The average Bonchev–Trinajstić information content (AvgIpc) is 3.21. The molecule has 3 aliphatic rings. The number of hydrogen-bond donors (Lipinski definition) is 0. The minimum absolute atomic E-state index is 0.0497. The van der Waals surface area contributed by atoms with Crippen molar-refractivity contribution in [1.29, 1.82) is 0 Å². The molecule has 0 radical (unpaired) electrons. The molecule has 28 heavy (non-hydrogen) atoms. The van der Waals surface area contributed by atoms with Crippen LogP contribution in [0.4, 0.5) is 0 Å². The summed E-state index contributed by atoms with van der Waals surface area (Å²) in [5, 5.41) is 0. The van der Waals surface area contributed by atoms with Crippen LogP contribution in [0, 0.1) is 0 Å². The van der Waals surface area contributed by atoms with Gasteiger partial charge in [0.1, 0.15) is 0 Å². The van der Waals surface area contributed by atoms with Gasteiger partial charge >= 0.3 is 0 Å². The zero-order valence-electron chi connectivity index (χ0n) is 16.8. The Morgan fingerprint density at radius 2 is 1.89 bits per heavy atom. The number of nitrogens with zero attached hydrogens (tertiary/aromatic N) is 3. The lowest BCUT2D eigenvalue weighted by Gasteiger charge is -2.39. The van der Waals surface area contributed by atoms with Gasteiger partial charge in [0.25, 0.3) is 0 Å². The van der Waals surface area contributed by atoms with Crippen molar-refractivity contribution in [3.05, 3.63) is 35.4 Å². The summed E-state index contributed by atoms with van der Waals surface area (Å²) in [5.41, 5.74) is 2.40. The average molecular weight is 386 g/mol. The molecular weight excluding hydrogens is 354 g/mol. The quantitative estimate of drug-likeness (QED) is 0.794. The van der Waals surface area contributed by atoms with E-state index in [1.165, 1.54) is 12.0 Å². The van der Waals surface area contributed by atoms with Crippen molar-refractivity contribution in [1.82, 2.24) is 14.7 Å². The van der Waals surface area contributed by atoms with Gasteiger partial charge in [0, 0.05) is 52.8 Å². The van der Waals surface area contributed by atoms with E-state index in [9.17, 15) is 9.59 Å². The summed E-state index contributed by atoms with van der Waals surface area (Å²) in [6.07, 6.45) is 3.93. The first-order valence-electron chi connectivity index (χ1n) is 10.6. The van der Waals surface area contributed by atoms with Crippen LogP contribution in [-0.4, -0.2) is 78.5 Å². The molecule has 2 atom stereocenters. The molecule has 2 saturated heterocycles. The molecule has 0 aromatic heterocycles. The van der Waals surface area contributed by atoms with Gasteiger partial charge in [-0.2, -0.15) is 0 Å². The van der Waals surface area contributed by atoms with Crippen LogP contribution in [0.3, 0.4) is 0 Å². The number of piperazine rings is 1. The van der Waals surface area contributed by atoms with Gasteiger partial charge in [0.2, 0.25) is 11.8 Å². The fraction of sp³-hybridized carbons (Fsp3) is 0.636. The number of ether oxygens (including phenoxy) is 1. The van der Waals surface area contributed by atoms with Gasteiger partial charge in [-0.05, 0) is 30.4 Å². The predicted octanol–water partition coefficient (Wildman–Crippen LogP) is 1.85. The van der Waals surface area contributed by atoms with Crippen LogP contribution in [0.15, 0.2) is 24.3 Å². The summed E-state index contributed by atoms with van der Waals surface area (Å²) in [5.74, 6) is 0.207. The van der Waals surface area contributed by atoms with E-state index in [1.54, 1.807) is 6.92 Å². The van der Waals surface area contributed by atoms with Crippen molar-refractivity contribution in [2.75, 3.05) is 45.9 Å². The third kappa shape index (κ3) is 4.23. The lowest BCUT2D eigenvalue weighted by molar-refractivity contribution is -0.137. The summed E-state index contributed by atoms with van der Waals surface area (Å²) in [6.45, 7) is 7.51. The van der Waals surface area contributed by atoms with Gasteiger partial charge in [0.15, 0.2) is 0 Å². The predicted molar refractivity (Wildman–Crippen MR) is 107 cm³/mol. The van der Waals surface area contributed by atoms with Crippen LogP contribution in [0.25, 0.3) is 0 Å². The molecule has 1 aromatic carbocycles. The number of fused-ring (bicyclic) bond motifs is 1. The first-order chi connectivity index (χ1) is 13.6. The summed E-state index contributed by atoms with van der Waals surface area (Å²) < 4.78 is 5.74. The number of benzene rings is 1. The molecule has 2 unspecified atom stereocenters. The van der Waals surface area contributed by atoms with Crippen LogP contribution in [0.1, 0.15) is 43.4 Å². The lowest BCUT2D eigenvalue weighted by Crippen LogP contribution is -2.51. The second-order valence-electron chi connectivity index (χ2n) is 8.20. The van der Waals surface area contributed by atoms with Crippen LogP contribution < -0.4 is 0 Å². The third-order valence-electron chi connectivity index (χ3n) is 6.40. The molecular formula is C22H31N3O3. The molecule has 2 fully saturated rings. The zero-order chi connectivity index (χ0) is 19.5. The van der Waals surface area contributed by atoms with Gasteiger partial charge in [-0.3, -0.25) is 14.5 Å². The van der Waals surface area contributed by atoms with Gasteiger partial charge in [0.05, 0.1) is 18.6 Å². The maximum Gasteiger partial charge on any atom is 0.225 e. The van der Waals surface area contributed by atoms with Crippen LogP contribution in [0.5, 0.6) is 0 Å². The molecule has 4 rings (SSSR count). The second-order valence-corrected chi connectivity index (χ2v) is 8.20. The monoisotopic (exact) mass is 385 g/mol. The third-order valence-corrected chi connectivity index (χ3v) is 6.40. The fourth-order valence-electron chi connectivity index (χ4n) is 4.80. The topological polar surface area (TPSA) is 53.1 Å². The summed E-state index contributed by atoms with van der Waals surface area (Å²) in [7, 11) is 0. The number of carbonyl (C=O) groups is 2. The first-order valence-corrected chi connectivity index (χ1v) is 10.6. The van der Waals surface area contributed by atoms with Crippen molar-refractivity contribution >= 4 is 11.8 Å². The maximum absolute atomic E-state index is 13.0. The molecule has 3 heterocycles. The Balaban J connectivity index is 1.36. The Hall–Kier alpha value is -1.92. The van der Waals surface area contributed by atoms with Gasteiger partial charge in [-0.1, -0.05) is 24.3 Å². The standard InChI is InChI=1S/C22H31N3O3/c1-17(26)25-9-8-18-5-2-3-7-20(18)21(25)15-22(27)24-12-10-23(11-13-24)16-19-6-4-14-28-19/h2-3,5,7,19,21H,4,6,8-16H2,1H3. The van der Waals surface area contributed by atoms with Crippen LogP contribution in [0.2, 0.25) is 0 Å². The molecule has 152 valence electrons. The Morgan fingerprint density at radius 3 is 2.61 bits per heavy atom. The Bertz CT molecular complexity index is 709. The van der Waals surface area contributed by atoms with Crippen molar-refractivity contribution in [3.63, 3.8) is 0 Å². The van der Waals surface area contributed by atoms with E-state index in [-0.39, 0.29) is 17.9 Å². The van der Waals surface area contributed by atoms with Gasteiger partial charge in [-0.15, -0.1) is 0 Å². The van der Waals surface area contributed by atoms with Crippen molar-refractivity contribution in [2.45, 2.75) is 44.8 Å². The van der Waals surface area contributed by atoms with E-state index in [0.29, 0.717) is 19.1 Å². The minimum Gasteiger partial charge on any atom is -0.377 e. The molecule has 6 heteroatoms. The summed E-state index contributed by atoms with van der Waals surface area (Å²) in [4.78, 5) is 31.5. The second kappa shape index (κ2) is 8.62. The van der Waals surface area contributed by atoms with E-state index in [0.717, 1.165) is 57.7 Å². The minimum atomic E-state index is -0.139. The number of carbonyl (C=O) groups excluding carboxylic acids is 2. The van der Waals surface area contributed by atoms with E-state index >= 15 is 0 Å². The molecule has 0 bridgehead atoms. The molecule has 3 aliphatic heterocycles. The zero-order valence-corrected chi connectivity index (χ0v) is 16.8. The van der Waals surface area contributed by atoms with E-state index in [1.807, 2.05) is 21.9 Å². The maximum atomic E-state index is 13.0. The molecule has 0 spiro atoms. The summed E-state index contributed by atoms with van der Waals surface area (Å²) in [6, 6.07) is 8.09. The van der Waals surface area contributed by atoms with Crippen molar-refractivity contribution < 1.29 is 14.3 Å². The van der Waals surface area contributed by atoms with E-state index in [2.05, 4.69) is 17.0 Å². The van der Waals surface area contributed by atoms with E-state index < -0.39 is 0 Å². The molecule has 1 aromatic rings. The lowest BCUT2D eigenvalue weighted by atomic mass is 9.90. The molecule has 2 amide bonds. The molecule has 0 aliphatic carbocycles. The number of amides is 2. The SMILES string of the molecule is CC(=O)N1CCc2ccccc2C1CC(=O)N1CCN(CC2CCCO2)CC1. The Kier molecular flexibility index (Phi) is 5.97. The first kappa shape index (κ1) is 19.4. The molecule has 0 saturated carbocycles. The fourth-order valence-corrected chi connectivity index (χ4v) is 4.80. The highest BCUT2D eigenvalue weighted by atomic mass is 16.5. The Morgan fingerprint density at radius 1 is 1.11 bits per heavy atom. The van der Waals surface area contributed by atoms with Crippen LogP contribution >= 0.6 is 0 Å². The highest BCUT2D eigenvalue weighted by Crippen LogP contribution is 2.33.